The third kappa shape index (κ3) is 5.45. The molecule has 0 fully saturated rings. The zero-order valence-electron chi connectivity index (χ0n) is 13.0. The van der Waals surface area contributed by atoms with Crippen molar-refractivity contribution in [1.82, 2.24) is 5.32 Å². The maximum absolute atomic E-state index is 11.8. The SMILES string of the molecule is CCC(C)(CC)CNC(=O)CNc1ccc(C(N)=O)cc1. The zero-order chi connectivity index (χ0) is 15.9. The lowest BCUT2D eigenvalue weighted by Crippen LogP contribution is -2.38. The van der Waals surface area contributed by atoms with Gasteiger partial charge in [0, 0.05) is 17.8 Å². The van der Waals surface area contributed by atoms with Gasteiger partial charge >= 0.3 is 0 Å². The standard InChI is InChI=1S/C16H25N3O2/c1-4-16(3,5-2)11-19-14(20)10-18-13-8-6-12(7-9-13)15(17)21/h6-9,18H,4-5,10-11H2,1-3H3,(H2,17,21)(H,19,20). The molecule has 5 heteroatoms. The maximum Gasteiger partial charge on any atom is 0.248 e. The van der Waals surface area contributed by atoms with E-state index in [1.807, 2.05) is 0 Å². The average molecular weight is 291 g/mol. The Kier molecular flexibility index (Phi) is 6.21. The van der Waals surface area contributed by atoms with Crippen LogP contribution in [-0.4, -0.2) is 24.9 Å². The van der Waals surface area contributed by atoms with E-state index in [1.165, 1.54) is 0 Å². The molecule has 21 heavy (non-hydrogen) atoms. The minimum atomic E-state index is -0.460. The summed E-state index contributed by atoms with van der Waals surface area (Å²) in [6.07, 6.45) is 2.07. The summed E-state index contributed by atoms with van der Waals surface area (Å²) in [7, 11) is 0. The van der Waals surface area contributed by atoms with Crippen molar-refractivity contribution < 1.29 is 9.59 Å². The van der Waals surface area contributed by atoms with Crippen molar-refractivity contribution in [3.05, 3.63) is 29.8 Å². The molecule has 0 bridgehead atoms. The molecule has 4 N–H and O–H groups in total. The lowest BCUT2D eigenvalue weighted by atomic mass is 9.85. The Morgan fingerprint density at radius 3 is 2.19 bits per heavy atom. The molecule has 116 valence electrons. The fraction of sp³-hybridized carbons (Fsp3) is 0.500. The van der Waals surface area contributed by atoms with Gasteiger partial charge in [-0.2, -0.15) is 0 Å². The van der Waals surface area contributed by atoms with Crippen LogP contribution in [0.3, 0.4) is 0 Å². The van der Waals surface area contributed by atoms with Gasteiger partial charge < -0.3 is 16.4 Å². The van der Waals surface area contributed by atoms with Crippen LogP contribution in [0.1, 0.15) is 44.0 Å². The van der Waals surface area contributed by atoms with E-state index in [9.17, 15) is 9.59 Å². The fourth-order valence-electron chi connectivity index (χ4n) is 1.81. The molecular formula is C16H25N3O2. The predicted octanol–water partition coefficient (Wildman–Crippen LogP) is 2.14. The van der Waals surface area contributed by atoms with Crippen LogP contribution in [-0.2, 0) is 4.79 Å². The number of primary amides is 1. The largest absolute Gasteiger partial charge is 0.376 e. The van der Waals surface area contributed by atoms with Gasteiger partial charge in [-0.15, -0.1) is 0 Å². The molecule has 1 aromatic carbocycles. The summed E-state index contributed by atoms with van der Waals surface area (Å²) in [5, 5.41) is 5.97. The summed E-state index contributed by atoms with van der Waals surface area (Å²) in [6, 6.07) is 6.73. The predicted molar refractivity (Wildman–Crippen MR) is 85.1 cm³/mol. The number of benzene rings is 1. The molecule has 0 unspecified atom stereocenters. The molecule has 0 heterocycles. The summed E-state index contributed by atoms with van der Waals surface area (Å²) in [5.41, 5.74) is 6.55. The van der Waals surface area contributed by atoms with Crippen LogP contribution < -0.4 is 16.4 Å². The van der Waals surface area contributed by atoms with Crippen molar-refractivity contribution in [1.29, 1.82) is 0 Å². The first-order valence-electron chi connectivity index (χ1n) is 7.30. The highest BCUT2D eigenvalue weighted by atomic mass is 16.2. The van der Waals surface area contributed by atoms with Gasteiger partial charge in [0.1, 0.15) is 0 Å². The Labute approximate surface area is 126 Å². The highest BCUT2D eigenvalue weighted by molar-refractivity contribution is 5.93. The van der Waals surface area contributed by atoms with Gasteiger partial charge in [-0.25, -0.2) is 0 Å². The maximum atomic E-state index is 11.8. The second-order valence-corrected chi connectivity index (χ2v) is 5.59. The molecule has 0 saturated carbocycles. The quantitative estimate of drug-likeness (QED) is 0.686. The van der Waals surface area contributed by atoms with Crippen molar-refractivity contribution in [3.63, 3.8) is 0 Å². The van der Waals surface area contributed by atoms with Crippen LogP contribution in [0.5, 0.6) is 0 Å². The average Bonchev–Trinajstić information content (AvgIpc) is 2.51. The Bertz CT molecular complexity index is 479. The van der Waals surface area contributed by atoms with Crippen LogP contribution >= 0.6 is 0 Å². The Morgan fingerprint density at radius 2 is 1.71 bits per heavy atom. The van der Waals surface area contributed by atoms with Gasteiger partial charge in [0.05, 0.1) is 6.54 Å². The number of rotatable bonds is 8. The number of nitrogens with two attached hydrogens (primary N) is 1. The van der Waals surface area contributed by atoms with Gasteiger partial charge in [0.25, 0.3) is 0 Å². The van der Waals surface area contributed by atoms with Crippen LogP contribution in [0, 0.1) is 5.41 Å². The summed E-state index contributed by atoms with van der Waals surface area (Å²) in [6.45, 7) is 7.33. The third-order valence-electron chi connectivity index (χ3n) is 4.04. The molecule has 0 aromatic heterocycles. The molecule has 0 aliphatic rings. The zero-order valence-corrected chi connectivity index (χ0v) is 13.0. The third-order valence-corrected chi connectivity index (χ3v) is 4.04. The Morgan fingerprint density at radius 1 is 1.14 bits per heavy atom. The summed E-state index contributed by atoms with van der Waals surface area (Å²) >= 11 is 0. The van der Waals surface area contributed by atoms with E-state index in [-0.39, 0.29) is 17.9 Å². The molecule has 0 saturated heterocycles. The molecule has 0 spiro atoms. The van der Waals surface area contributed by atoms with E-state index in [0.717, 1.165) is 18.5 Å². The molecule has 2 amide bonds. The first kappa shape index (κ1) is 17.0. The molecule has 5 nitrogen and oxygen atoms in total. The number of carbonyl (C=O) groups excluding carboxylic acids is 2. The molecular weight excluding hydrogens is 266 g/mol. The first-order chi connectivity index (χ1) is 9.90. The highest BCUT2D eigenvalue weighted by Gasteiger charge is 2.20. The van der Waals surface area contributed by atoms with Crippen LogP contribution in [0.15, 0.2) is 24.3 Å². The van der Waals surface area contributed by atoms with Gasteiger partial charge in [0.15, 0.2) is 0 Å². The van der Waals surface area contributed by atoms with Gasteiger partial charge in [-0.1, -0.05) is 20.8 Å². The van der Waals surface area contributed by atoms with E-state index in [2.05, 4.69) is 31.4 Å². The Hall–Kier alpha value is -2.04. The number of anilines is 1. The highest BCUT2D eigenvalue weighted by Crippen LogP contribution is 2.23. The lowest BCUT2D eigenvalue weighted by molar-refractivity contribution is -0.119. The molecule has 1 aromatic rings. The van der Waals surface area contributed by atoms with E-state index in [1.54, 1.807) is 24.3 Å². The number of amides is 2. The van der Waals surface area contributed by atoms with Crippen molar-refractivity contribution in [2.75, 3.05) is 18.4 Å². The van der Waals surface area contributed by atoms with Crippen molar-refractivity contribution in [3.8, 4) is 0 Å². The van der Waals surface area contributed by atoms with Crippen molar-refractivity contribution in [2.45, 2.75) is 33.6 Å². The van der Waals surface area contributed by atoms with Crippen molar-refractivity contribution >= 4 is 17.5 Å². The van der Waals surface area contributed by atoms with E-state index >= 15 is 0 Å². The van der Waals surface area contributed by atoms with Gasteiger partial charge in [-0.3, -0.25) is 9.59 Å². The second kappa shape index (κ2) is 7.67. The molecule has 0 atom stereocenters. The van der Waals surface area contributed by atoms with E-state index in [0.29, 0.717) is 12.1 Å². The molecule has 0 radical (unpaired) electrons. The summed E-state index contributed by atoms with van der Waals surface area (Å²) < 4.78 is 0. The number of nitrogens with one attached hydrogen (secondary N) is 2. The topological polar surface area (TPSA) is 84.2 Å². The van der Waals surface area contributed by atoms with Crippen molar-refractivity contribution in [2.24, 2.45) is 11.1 Å². The summed E-state index contributed by atoms with van der Waals surface area (Å²) in [5.74, 6) is -0.500. The number of carbonyl (C=O) groups is 2. The number of hydrogen-bond acceptors (Lipinski definition) is 3. The first-order valence-corrected chi connectivity index (χ1v) is 7.30. The summed E-state index contributed by atoms with van der Waals surface area (Å²) in [4.78, 5) is 22.8. The molecule has 0 aliphatic heterocycles. The lowest BCUT2D eigenvalue weighted by Gasteiger charge is -2.26. The fourth-order valence-corrected chi connectivity index (χ4v) is 1.81. The minimum absolute atomic E-state index is 0.0397. The second-order valence-electron chi connectivity index (χ2n) is 5.59. The smallest absolute Gasteiger partial charge is 0.248 e. The van der Waals surface area contributed by atoms with Crippen LogP contribution in [0.2, 0.25) is 0 Å². The molecule has 0 aliphatic carbocycles. The molecule has 1 rings (SSSR count). The number of hydrogen-bond donors (Lipinski definition) is 3. The van der Waals surface area contributed by atoms with E-state index < -0.39 is 5.91 Å². The van der Waals surface area contributed by atoms with E-state index in [4.69, 9.17) is 5.73 Å². The monoisotopic (exact) mass is 291 g/mol. The minimum Gasteiger partial charge on any atom is -0.376 e. The van der Waals surface area contributed by atoms with Gasteiger partial charge in [0.2, 0.25) is 11.8 Å². The normalized spacial score (nSPS) is 11.0. The Balaban J connectivity index is 2.41. The van der Waals surface area contributed by atoms with Gasteiger partial charge in [-0.05, 0) is 42.5 Å². The van der Waals surface area contributed by atoms with Crippen LogP contribution in [0.25, 0.3) is 0 Å². The van der Waals surface area contributed by atoms with Crippen LogP contribution in [0.4, 0.5) is 5.69 Å².